The van der Waals surface area contributed by atoms with Crippen LogP contribution in [0.2, 0.25) is 0 Å². The van der Waals surface area contributed by atoms with E-state index in [1.165, 1.54) is 10.8 Å². The molecule has 0 spiro atoms. The van der Waals surface area contributed by atoms with Crippen molar-refractivity contribution in [2.45, 2.75) is 62.7 Å². The van der Waals surface area contributed by atoms with Crippen LogP contribution in [0.4, 0.5) is 11.8 Å². The standard InChI is InChI=1S/C28H32N8O7/c37-28(38,24-16-31-27(36(39)40)35(24)19-1-2-19)43-21-13-22-23(30-15-21)14-25(33-9-11-41-12-10-33)32-26(22)42-20-5-3-18(4-6-20)34-8-7-29-17-34/h7-8,13-20,37-38H,1-6,9-12H2. The highest BCUT2D eigenvalue weighted by molar-refractivity contribution is 5.87. The number of imidazole rings is 2. The molecule has 0 atom stereocenters. The van der Waals surface area contributed by atoms with Crippen molar-refractivity contribution in [1.29, 1.82) is 0 Å². The van der Waals surface area contributed by atoms with Crippen LogP contribution in [0, 0.1) is 10.1 Å². The summed E-state index contributed by atoms with van der Waals surface area (Å²) in [6.07, 6.45) is 12.8. The van der Waals surface area contributed by atoms with Gasteiger partial charge in [-0.05, 0) is 49.5 Å². The molecule has 3 aliphatic rings. The Hall–Kier alpha value is -4.34. The summed E-state index contributed by atoms with van der Waals surface area (Å²) >= 11 is 0. The fourth-order valence-electron chi connectivity index (χ4n) is 5.90. The zero-order chi connectivity index (χ0) is 29.6. The lowest BCUT2D eigenvalue weighted by atomic mass is 9.93. The van der Waals surface area contributed by atoms with Crippen molar-refractivity contribution < 1.29 is 29.3 Å². The van der Waals surface area contributed by atoms with E-state index in [9.17, 15) is 20.3 Å². The van der Waals surface area contributed by atoms with Crippen LogP contribution in [0.3, 0.4) is 0 Å². The molecule has 0 amide bonds. The van der Waals surface area contributed by atoms with Crippen molar-refractivity contribution in [2.24, 2.45) is 0 Å². The van der Waals surface area contributed by atoms with Gasteiger partial charge < -0.3 is 44.0 Å². The van der Waals surface area contributed by atoms with E-state index in [0.29, 0.717) is 62.0 Å². The normalized spacial score (nSPS) is 21.2. The predicted octanol–water partition coefficient (Wildman–Crippen LogP) is 2.84. The number of nitro groups is 1. The predicted molar refractivity (Wildman–Crippen MR) is 151 cm³/mol. The van der Waals surface area contributed by atoms with Gasteiger partial charge in [-0.3, -0.25) is 4.98 Å². The van der Waals surface area contributed by atoms with Crippen LogP contribution in [0.1, 0.15) is 56.3 Å². The van der Waals surface area contributed by atoms with Crippen LogP contribution in [-0.4, -0.2) is 76.6 Å². The lowest BCUT2D eigenvalue weighted by Gasteiger charge is -2.31. The van der Waals surface area contributed by atoms with E-state index in [-0.39, 0.29) is 23.6 Å². The zero-order valence-corrected chi connectivity index (χ0v) is 23.4. The van der Waals surface area contributed by atoms with E-state index in [2.05, 4.69) is 24.4 Å². The number of aromatic nitrogens is 6. The Kier molecular flexibility index (Phi) is 7.07. The second kappa shape index (κ2) is 11.1. The molecule has 1 aliphatic heterocycles. The van der Waals surface area contributed by atoms with Crippen molar-refractivity contribution in [1.82, 2.24) is 29.1 Å². The van der Waals surface area contributed by atoms with Crippen molar-refractivity contribution in [3.8, 4) is 11.6 Å². The Morgan fingerprint density at radius 3 is 2.49 bits per heavy atom. The van der Waals surface area contributed by atoms with Crippen molar-refractivity contribution in [3.63, 3.8) is 0 Å². The third kappa shape index (κ3) is 5.58. The number of ether oxygens (including phenoxy) is 3. The monoisotopic (exact) mass is 592 g/mol. The van der Waals surface area contributed by atoms with Crippen LogP contribution < -0.4 is 14.4 Å². The van der Waals surface area contributed by atoms with Gasteiger partial charge in [0.25, 0.3) is 0 Å². The van der Waals surface area contributed by atoms with Crippen molar-refractivity contribution >= 4 is 22.7 Å². The van der Waals surface area contributed by atoms with Crippen LogP contribution in [0.25, 0.3) is 10.9 Å². The summed E-state index contributed by atoms with van der Waals surface area (Å²) < 4.78 is 21.0. The minimum atomic E-state index is -2.90. The van der Waals surface area contributed by atoms with Gasteiger partial charge in [0.2, 0.25) is 11.6 Å². The molecule has 4 aromatic heterocycles. The maximum atomic E-state index is 11.5. The summed E-state index contributed by atoms with van der Waals surface area (Å²) in [6, 6.07) is 3.58. The van der Waals surface area contributed by atoms with Gasteiger partial charge in [0.1, 0.15) is 17.7 Å². The maximum absolute atomic E-state index is 11.5. The molecule has 0 bridgehead atoms. The zero-order valence-electron chi connectivity index (χ0n) is 23.4. The number of anilines is 1. The number of pyridine rings is 2. The Morgan fingerprint density at radius 2 is 1.79 bits per heavy atom. The molecule has 226 valence electrons. The Labute approximate surface area is 245 Å². The van der Waals surface area contributed by atoms with E-state index >= 15 is 0 Å². The molecule has 4 aromatic rings. The van der Waals surface area contributed by atoms with Gasteiger partial charge in [-0.2, -0.15) is 4.98 Å². The molecule has 15 nitrogen and oxygen atoms in total. The smallest absolute Gasteiger partial charge is 0.435 e. The van der Waals surface area contributed by atoms with Gasteiger partial charge in [0, 0.05) is 37.6 Å². The molecule has 0 radical (unpaired) electrons. The van der Waals surface area contributed by atoms with Crippen LogP contribution in [0.5, 0.6) is 11.6 Å². The van der Waals surface area contributed by atoms with E-state index in [4.69, 9.17) is 19.2 Å². The van der Waals surface area contributed by atoms with Crippen molar-refractivity contribution in [2.75, 3.05) is 31.2 Å². The third-order valence-corrected chi connectivity index (χ3v) is 8.26. The first kappa shape index (κ1) is 27.5. The SMILES string of the molecule is O=[N+]([O-])c1ncc(C(O)(O)Oc2cnc3cc(N4CCOCC4)nc(OC4CCC(n5ccnc5)CC4)c3c2)n1C1CC1. The molecule has 0 aromatic carbocycles. The van der Waals surface area contributed by atoms with Gasteiger partial charge in [-0.15, -0.1) is 0 Å². The topological polar surface area (TPSA) is 176 Å². The van der Waals surface area contributed by atoms with Crippen LogP contribution in [0.15, 0.2) is 43.2 Å². The fraction of sp³-hybridized carbons (Fsp3) is 0.500. The van der Waals surface area contributed by atoms with Crippen LogP contribution >= 0.6 is 0 Å². The molecule has 15 heteroatoms. The van der Waals surface area contributed by atoms with E-state index in [1.807, 2.05) is 18.6 Å². The number of nitrogens with zero attached hydrogens (tertiary/aromatic N) is 8. The summed E-state index contributed by atoms with van der Waals surface area (Å²) in [6.45, 7) is 2.57. The van der Waals surface area contributed by atoms with E-state index in [1.54, 1.807) is 12.3 Å². The number of fused-ring (bicyclic) bond motifs is 1. The van der Waals surface area contributed by atoms with E-state index < -0.39 is 16.8 Å². The number of morpholine rings is 1. The highest BCUT2D eigenvalue weighted by Gasteiger charge is 2.45. The summed E-state index contributed by atoms with van der Waals surface area (Å²) in [5, 5.41) is 34.0. The molecular weight excluding hydrogens is 560 g/mol. The fourth-order valence-corrected chi connectivity index (χ4v) is 5.90. The Morgan fingerprint density at radius 1 is 1.02 bits per heavy atom. The largest absolute Gasteiger partial charge is 0.474 e. The maximum Gasteiger partial charge on any atom is 0.435 e. The number of hydrogen-bond acceptors (Lipinski definition) is 12. The molecule has 3 fully saturated rings. The lowest BCUT2D eigenvalue weighted by Crippen LogP contribution is -2.37. The van der Waals surface area contributed by atoms with Gasteiger partial charge >= 0.3 is 11.9 Å². The summed E-state index contributed by atoms with van der Waals surface area (Å²) in [7, 11) is 0. The summed E-state index contributed by atoms with van der Waals surface area (Å²) in [4.78, 5) is 30.3. The first-order chi connectivity index (χ1) is 20.9. The first-order valence-electron chi connectivity index (χ1n) is 14.5. The molecule has 43 heavy (non-hydrogen) atoms. The minimum Gasteiger partial charge on any atom is -0.474 e. The molecule has 2 saturated carbocycles. The van der Waals surface area contributed by atoms with Gasteiger partial charge in [-0.25, -0.2) is 9.55 Å². The average Bonchev–Trinajstić information content (AvgIpc) is 3.49. The number of hydrogen-bond donors (Lipinski definition) is 2. The second-order valence-corrected chi connectivity index (χ2v) is 11.2. The molecular formula is C28H32N8O7. The minimum absolute atomic E-state index is 0.0262. The summed E-state index contributed by atoms with van der Waals surface area (Å²) in [5.74, 6) is -2.24. The highest BCUT2D eigenvalue weighted by Crippen LogP contribution is 2.42. The Bertz CT molecular complexity index is 1610. The Balaban J connectivity index is 1.18. The molecule has 0 unspecified atom stereocenters. The van der Waals surface area contributed by atoms with Crippen LogP contribution in [-0.2, 0) is 10.7 Å². The second-order valence-electron chi connectivity index (χ2n) is 11.2. The quantitative estimate of drug-likeness (QED) is 0.165. The molecule has 2 N–H and O–H groups in total. The van der Waals surface area contributed by atoms with Crippen molar-refractivity contribution in [3.05, 3.63) is 59.1 Å². The molecule has 2 aliphatic carbocycles. The molecule has 5 heterocycles. The number of aliphatic hydroxyl groups is 2. The van der Waals surface area contributed by atoms with Gasteiger partial charge in [-0.1, -0.05) is 4.98 Å². The first-order valence-corrected chi connectivity index (χ1v) is 14.5. The average molecular weight is 593 g/mol. The summed E-state index contributed by atoms with van der Waals surface area (Å²) in [5.41, 5.74) is 0.375. The van der Waals surface area contributed by atoms with E-state index in [0.717, 1.165) is 37.7 Å². The van der Waals surface area contributed by atoms with Gasteiger partial charge in [0.15, 0.2) is 6.20 Å². The molecule has 1 saturated heterocycles. The highest BCUT2D eigenvalue weighted by atomic mass is 16.8. The van der Waals surface area contributed by atoms with Gasteiger partial charge in [0.05, 0.1) is 42.7 Å². The number of rotatable bonds is 9. The third-order valence-electron chi connectivity index (χ3n) is 8.26. The lowest BCUT2D eigenvalue weighted by molar-refractivity contribution is -0.397. The molecule has 7 rings (SSSR count).